The van der Waals surface area contributed by atoms with Crippen LogP contribution >= 0.6 is 23.2 Å². The van der Waals surface area contributed by atoms with Crippen LogP contribution in [-0.2, 0) is 9.59 Å². The van der Waals surface area contributed by atoms with Gasteiger partial charge < -0.3 is 10.6 Å². The first kappa shape index (κ1) is 19.7. The van der Waals surface area contributed by atoms with Gasteiger partial charge in [0.1, 0.15) is 0 Å². The highest BCUT2D eigenvalue weighted by Crippen LogP contribution is 2.27. The molecule has 1 aliphatic rings. The average Bonchev–Trinajstić information content (AvgIpc) is 3.13. The topological polar surface area (TPSA) is 61.4 Å². The molecule has 2 amide bonds. The molecule has 0 aliphatic carbocycles. The van der Waals surface area contributed by atoms with E-state index in [2.05, 4.69) is 10.6 Å². The van der Waals surface area contributed by atoms with Crippen LogP contribution in [0.5, 0.6) is 0 Å². The number of hydrogen-bond acceptors (Lipinski definition) is 3. The van der Waals surface area contributed by atoms with Gasteiger partial charge in [0.25, 0.3) is 0 Å². The van der Waals surface area contributed by atoms with Gasteiger partial charge in [-0.15, -0.1) is 0 Å². The summed E-state index contributed by atoms with van der Waals surface area (Å²) < 4.78 is 0. The number of carbonyl (C=O) groups is 2. The molecule has 5 nitrogen and oxygen atoms in total. The van der Waals surface area contributed by atoms with Gasteiger partial charge in [-0.1, -0.05) is 41.4 Å². The Labute approximate surface area is 168 Å². The maximum atomic E-state index is 12.7. The number of amides is 2. The number of para-hydroxylation sites is 1. The minimum Gasteiger partial charge on any atom is -0.326 e. The van der Waals surface area contributed by atoms with Gasteiger partial charge in [0.15, 0.2) is 0 Å². The summed E-state index contributed by atoms with van der Waals surface area (Å²) in [6.07, 6.45) is 2.00. The lowest BCUT2D eigenvalue weighted by Gasteiger charge is -2.23. The Morgan fingerprint density at radius 1 is 1.07 bits per heavy atom. The maximum absolute atomic E-state index is 12.7. The molecule has 2 N–H and O–H groups in total. The number of nitrogens with zero attached hydrogens (tertiary/aromatic N) is 1. The molecule has 1 saturated heterocycles. The molecular formula is C20H21Cl2N3O2. The van der Waals surface area contributed by atoms with Crippen LogP contribution in [0.4, 0.5) is 11.4 Å². The Bertz CT molecular complexity index is 814. The molecule has 7 heteroatoms. The normalized spacial score (nSPS) is 16.9. The van der Waals surface area contributed by atoms with Gasteiger partial charge in [-0.2, -0.15) is 0 Å². The van der Waals surface area contributed by atoms with E-state index in [4.69, 9.17) is 23.2 Å². The molecule has 0 radical (unpaired) electrons. The van der Waals surface area contributed by atoms with Crippen LogP contribution in [0, 0.1) is 0 Å². The van der Waals surface area contributed by atoms with Crippen molar-refractivity contribution in [3.8, 4) is 0 Å². The second-order valence-electron chi connectivity index (χ2n) is 6.47. The molecule has 0 aromatic heterocycles. The third-order valence-electron chi connectivity index (χ3n) is 4.54. The Morgan fingerprint density at radius 2 is 1.85 bits per heavy atom. The highest BCUT2D eigenvalue weighted by Gasteiger charge is 2.31. The van der Waals surface area contributed by atoms with E-state index in [0.29, 0.717) is 28.7 Å². The predicted octanol–water partition coefficient (Wildman–Crippen LogP) is 4.43. The molecular weight excluding hydrogens is 385 g/mol. The minimum atomic E-state index is -0.274. The van der Waals surface area contributed by atoms with E-state index >= 15 is 0 Å². The fourth-order valence-electron chi connectivity index (χ4n) is 3.19. The van der Waals surface area contributed by atoms with E-state index in [9.17, 15) is 9.59 Å². The van der Waals surface area contributed by atoms with E-state index in [1.165, 1.54) is 0 Å². The molecule has 0 saturated carbocycles. The number of nitrogens with one attached hydrogen (secondary N) is 2. The number of benzene rings is 2. The molecule has 27 heavy (non-hydrogen) atoms. The van der Waals surface area contributed by atoms with E-state index < -0.39 is 0 Å². The second-order valence-corrected chi connectivity index (χ2v) is 7.32. The van der Waals surface area contributed by atoms with Crippen molar-refractivity contribution in [1.82, 2.24) is 4.90 Å². The summed E-state index contributed by atoms with van der Waals surface area (Å²) in [6.45, 7) is 1.32. The van der Waals surface area contributed by atoms with E-state index in [1.54, 1.807) is 18.2 Å². The third-order valence-corrected chi connectivity index (χ3v) is 5.10. The fourth-order valence-corrected chi connectivity index (χ4v) is 3.53. The molecule has 1 fully saturated rings. The van der Waals surface area contributed by atoms with Gasteiger partial charge in [0, 0.05) is 23.7 Å². The van der Waals surface area contributed by atoms with Crippen molar-refractivity contribution in [2.24, 2.45) is 0 Å². The lowest BCUT2D eigenvalue weighted by Crippen LogP contribution is -2.41. The summed E-state index contributed by atoms with van der Waals surface area (Å²) in [6, 6.07) is 14.0. The van der Waals surface area contributed by atoms with Crippen LogP contribution in [0.2, 0.25) is 10.0 Å². The van der Waals surface area contributed by atoms with Gasteiger partial charge >= 0.3 is 0 Å². The highest BCUT2D eigenvalue weighted by molar-refractivity contribution is 6.35. The van der Waals surface area contributed by atoms with Crippen molar-refractivity contribution in [2.45, 2.75) is 25.3 Å². The van der Waals surface area contributed by atoms with Gasteiger partial charge in [-0.05, 0) is 49.7 Å². The maximum Gasteiger partial charge on any atom is 0.241 e. The summed E-state index contributed by atoms with van der Waals surface area (Å²) >= 11 is 12.1. The van der Waals surface area contributed by atoms with Crippen LogP contribution in [-0.4, -0.2) is 35.8 Å². The van der Waals surface area contributed by atoms with Crippen LogP contribution in [0.1, 0.15) is 19.3 Å². The van der Waals surface area contributed by atoms with Gasteiger partial charge in [-0.3, -0.25) is 14.5 Å². The summed E-state index contributed by atoms with van der Waals surface area (Å²) in [5, 5.41) is 6.67. The monoisotopic (exact) mass is 405 g/mol. The van der Waals surface area contributed by atoms with Crippen LogP contribution in [0.3, 0.4) is 0 Å². The van der Waals surface area contributed by atoms with Crippen molar-refractivity contribution in [3.63, 3.8) is 0 Å². The van der Waals surface area contributed by atoms with Crippen molar-refractivity contribution in [2.75, 3.05) is 23.7 Å². The first-order valence-electron chi connectivity index (χ1n) is 8.88. The summed E-state index contributed by atoms with van der Waals surface area (Å²) in [7, 11) is 0. The van der Waals surface area contributed by atoms with Gasteiger partial charge in [0.05, 0.1) is 16.8 Å². The molecule has 2 aromatic rings. The van der Waals surface area contributed by atoms with Gasteiger partial charge in [0.2, 0.25) is 11.8 Å². The van der Waals surface area contributed by atoms with E-state index in [1.807, 2.05) is 35.2 Å². The number of hydrogen-bond donors (Lipinski definition) is 2. The number of rotatable bonds is 6. The zero-order valence-electron chi connectivity index (χ0n) is 14.8. The molecule has 0 spiro atoms. The van der Waals surface area contributed by atoms with E-state index in [-0.39, 0.29) is 17.9 Å². The minimum absolute atomic E-state index is 0.0647. The fraction of sp³-hybridized carbons (Fsp3) is 0.300. The zero-order valence-corrected chi connectivity index (χ0v) is 16.3. The Hall–Kier alpha value is -2.08. The second kappa shape index (κ2) is 9.22. The summed E-state index contributed by atoms with van der Waals surface area (Å²) in [5.41, 5.74) is 1.27. The third kappa shape index (κ3) is 5.45. The van der Waals surface area contributed by atoms with Crippen LogP contribution < -0.4 is 10.6 Å². The number of likely N-dealkylation sites (tertiary alicyclic amines) is 1. The molecule has 2 aromatic carbocycles. The smallest absolute Gasteiger partial charge is 0.241 e. The molecule has 142 valence electrons. The summed E-state index contributed by atoms with van der Waals surface area (Å²) in [4.78, 5) is 26.9. The molecule has 1 atom stereocenters. The zero-order chi connectivity index (χ0) is 19.2. The number of halogens is 2. The van der Waals surface area contributed by atoms with Crippen molar-refractivity contribution in [1.29, 1.82) is 0 Å². The predicted molar refractivity (Wildman–Crippen MR) is 109 cm³/mol. The number of carbonyl (C=O) groups excluding carboxylic acids is 2. The molecule has 1 heterocycles. The largest absolute Gasteiger partial charge is 0.326 e. The van der Waals surface area contributed by atoms with Crippen LogP contribution in [0.15, 0.2) is 48.5 Å². The number of anilines is 2. The lowest BCUT2D eigenvalue weighted by atomic mass is 10.2. The molecule has 1 aliphatic heterocycles. The molecule has 3 rings (SSSR count). The quantitative estimate of drug-likeness (QED) is 0.747. The first-order valence-corrected chi connectivity index (χ1v) is 9.63. The Morgan fingerprint density at radius 3 is 2.63 bits per heavy atom. The Kier molecular flexibility index (Phi) is 6.72. The summed E-state index contributed by atoms with van der Waals surface area (Å²) in [5.74, 6) is -0.190. The van der Waals surface area contributed by atoms with E-state index in [0.717, 1.165) is 25.1 Å². The molecule has 0 unspecified atom stereocenters. The van der Waals surface area contributed by atoms with Crippen molar-refractivity contribution in [3.05, 3.63) is 58.6 Å². The van der Waals surface area contributed by atoms with Crippen molar-refractivity contribution >= 4 is 46.4 Å². The standard InChI is InChI=1S/C20H21Cl2N3O2/c21-14-8-9-16(22)17(13-14)24-20(27)18-7-4-11-25(18)12-10-19(26)23-15-5-2-1-3-6-15/h1-3,5-6,8-9,13,18H,4,7,10-12H2,(H,23,26)(H,24,27)/t18-/m1/s1. The first-order chi connectivity index (χ1) is 13.0. The highest BCUT2D eigenvalue weighted by atomic mass is 35.5. The van der Waals surface area contributed by atoms with Gasteiger partial charge in [-0.25, -0.2) is 0 Å². The van der Waals surface area contributed by atoms with Crippen molar-refractivity contribution < 1.29 is 9.59 Å². The average molecular weight is 406 g/mol. The lowest BCUT2D eigenvalue weighted by molar-refractivity contribution is -0.121. The Balaban J connectivity index is 1.54. The molecule has 0 bridgehead atoms. The van der Waals surface area contributed by atoms with Crippen LogP contribution in [0.25, 0.3) is 0 Å². The SMILES string of the molecule is O=C(CCN1CCC[C@@H]1C(=O)Nc1cc(Cl)ccc1Cl)Nc1ccccc1.